The fourth-order valence-corrected chi connectivity index (χ4v) is 1.83. The highest BCUT2D eigenvalue weighted by molar-refractivity contribution is 5.69. The Labute approximate surface area is 141 Å². The van der Waals surface area contributed by atoms with Crippen LogP contribution in [0.3, 0.4) is 0 Å². The molecule has 0 aliphatic rings. The summed E-state index contributed by atoms with van der Waals surface area (Å²) in [4.78, 5) is 46.1. The summed E-state index contributed by atoms with van der Waals surface area (Å²) < 4.78 is 14.3. The van der Waals surface area contributed by atoms with E-state index < -0.39 is 23.3 Å². The molecule has 0 unspecified atom stereocenters. The van der Waals surface area contributed by atoms with E-state index in [1.807, 2.05) is 0 Å². The summed E-state index contributed by atoms with van der Waals surface area (Å²) in [6, 6.07) is 0. The van der Waals surface area contributed by atoms with Crippen molar-refractivity contribution in [1.82, 2.24) is 28.7 Å². The molecule has 0 amide bonds. The van der Waals surface area contributed by atoms with Crippen LogP contribution in [0.1, 0.15) is 6.42 Å². The Hall–Kier alpha value is -3.18. The third-order valence-corrected chi connectivity index (χ3v) is 3.15. The fraction of sp³-hybridized carbons (Fsp3) is 0.538. The van der Waals surface area contributed by atoms with Crippen molar-refractivity contribution in [2.45, 2.75) is 19.5 Å². The number of esters is 2. The van der Waals surface area contributed by atoms with Gasteiger partial charge < -0.3 is 9.47 Å². The first-order valence-electron chi connectivity index (χ1n) is 7.36. The van der Waals surface area contributed by atoms with E-state index in [0.29, 0.717) is 0 Å². The third-order valence-electron chi connectivity index (χ3n) is 3.15. The van der Waals surface area contributed by atoms with Crippen LogP contribution in [-0.4, -0.2) is 53.8 Å². The number of rotatable bonds is 8. The van der Waals surface area contributed by atoms with Crippen molar-refractivity contribution in [1.29, 1.82) is 0 Å². The molecule has 0 N–H and O–H groups in total. The molecule has 12 nitrogen and oxygen atoms in total. The van der Waals surface area contributed by atoms with E-state index in [1.54, 1.807) is 0 Å². The zero-order valence-corrected chi connectivity index (χ0v) is 13.8. The first-order chi connectivity index (χ1) is 11.9. The minimum absolute atomic E-state index is 0.0250. The highest BCUT2D eigenvalue weighted by Gasteiger charge is 2.10. The van der Waals surface area contributed by atoms with Gasteiger partial charge in [-0.1, -0.05) is 0 Å². The molecule has 0 aliphatic heterocycles. The van der Waals surface area contributed by atoms with Crippen LogP contribution in [0, 0.1) is 0 Å². The van der Waals surface area contributed by atoms with Crippen molar-refractivity contribution in [3.8, 4) is 0 Å². The highest BCUT2D eigenvalue weighted by atomic mass is 16.5. The van der Waals surface area contributed by atoms with E-state index in [-0.39, 0.29) is 32.7 Å². The number of ether oxygens (including phenoxy) is 2. The van der Waals surface area contributed by atoms with Crippen LogP contribution in [0.5, 0.6) is 0 Å². The lowest BCUT2D eigenvalue weighted by atomic mass is 10.5. The van der Waals surface area contributed by atoms with E-state index in [0.717, 1.165) is 9.36 Å². The molecule has 25 heavy (non-hydrogen) atoms. The monoisotopic (exact) mass is 354 g/mol. The van der Waals surface area contributed by atoms with E-state index in [2.05, 4.69) is 10.2 Å². The summed E-state index contributed by atoms with van der Waals surface area (Å²) in [6.07, 6.45) is 2.87. The van der Waals surface area contributed by atoms with E-state index in [9.17, 15) is 19.2 Å². The summed E-state index contributed by atoms with van der Waals surface area (Å²) in [7, 11) is 3.04. The van der Waals surface area contributed by atoms with Gasteiger partial charge in [0.05, 0.1) is 13.2 Å². The second kappa shape index (κ2) is 8.08. The van der Waals surface area contributed by atoms with Crippen molar-refractivity contribution in [3.05, 3.63) is 33.6 Å². The molecule has 12 heteroatoms. The standard InChI is InChI=1S/C13H18N6O6/c1-16-8-14-18(12(16)22)6-10(20)24-4-3-5-25-11(21)7-19-13(23)17(2)9-15-19/h8-9H,3-7H2,1-2H3. The number of carbonyl (C=O) groups is 2. The maximum Gasteiger partial charge on any atom is 0.345 e. The molecule has 0 saturated carbocycles. The summed E-state index contributed by atoms with van der Waals surface area (Å²) >= 11 is 0. The molecule has 0 aliphatic carbocycles. The molecule has 0 saturated heterocycles. The Bertz CT molecular complexity index is 789. The normalized spacial score (nSPS) is 10.6. The lowest BCUT2D eigenvalue weighted by Crippen LogP contribution is -2.28. The zero-order valence-electron chi connectivity index (χ0n) is 13.8. The van der Waals surface area contributed by atoms with Gasteiger partial charge >= 0.3 is 23.3 Å². The minimum Gasteiger partial charge on any atom is -0.464 e. The van der Waals surface area contributed by atoms with Crippen molar-refractivity contribution >= 4 is 11.9 Å². The van der Waals surface area contributed by atoms with Gasteiger partial charge in [0.2, 0.25) is 0 Å². The molecule has 2 heterocycles. The SMILES string of the molecule is Cn1cnn(CC(=O)OCCCOC(=O)Cn2ncn(C)c2=O)c1=O. The molecule has 2 aromatic heterocycles. The third kappa shape index (κ3) is 4.89. The van der Waals surface area contributed by atoms with Gasteiger partial charge in [0, 0.05) is 20.5 Å². The number of aryl methyl sites for hydroxylation is 2. The van der Waals surface area contributed by atoms with Crippen molar-refractivity contribution < 1.29 is 19.1 Å². The van der Waals surface area contributed by atoms with Gasteiger partial charge in [-0.25, -0.2) is 19.0 Å². The number of hydrogen-bond donors (Lipinski definition) is 0. The second-order valence-electron chi connectivity index (χ2n) is 5.16. The maximum absolute atomic E-state index is 11.6. The highest BCUT2D eigenvalue weighted by Crippen LogP contribution is 1.91. The molecule has 0 fully saturated rings. The van der Waals surface area contributed by atoms with E-state index in [4.69, 9.17) is 9.47 Å². The van der Waals surface area contributed by atoms with Crippen LogP contribution in [-0.2, 0) is 46.2 Å². The molecular weight excluding hydrogens is 336 g/mol. The van der Waals surface area contributed by atoms with Gasteiger partial charge in [-0.3, -0.25) is 18.7 Å². The molecule has 0 aromatic carbocycles. The summed E-state index contributed by atoms with van der Waals surface area (Å²) in [5.74, 6) is -1.24. The summed E-state index contributed by atoms with van der Waals surface area (Å²) in [5.41, 5.74) is -0.841. The van der Waals surface area contributed by atoms with Crippen LogP contribution in [0.25, 0.3) is 0 Å². The summed E-state index contributed by atoms with van der Waals surface area (Å²) in [5, 5.41) is 7.47. The number of carbonyl (C=O) groups excluding carboxylic acids is 2. The molecule has 0 radical (unpaired) electrons. The largest absolute Gasteiger partial charge is 0.464 e. The van der Waals surface area contributed by atoms with Crippen LogP contribution in [0.4, 0.5) is 0 Å². The minimum atomic E-state index is -0.618. The van der Waals surface area contributed by atoms with Crippen molar-refractivity contribution in [3.63, 3.8) is 0 Å². The first kappa shape index (κ1) is 18.2. The van der Waals surface area contributed by atoms with Crippen LogP contribution >= 0.6 is 0 Å². The topological polar surface area (TPSA) is 132 Å². The Balaban J connectivity index is 1.62. The smallest absolute Gasteiger partial charge is 0.345 e. The summed E-state index contributed by atoms with van der Waals surface area (Å²) in [6.45, 7) is -0.529. The average molecular weight is 354 g/mol. The maximum atomic E-state index is 11.6. The Morgan fingerprint density at radius 1 is 0.880 bits per heavy atom. The lowest BCUT2D eigenvalue weighted by molar-refractivity contribution is -0.147. The van der Waals surface area contributed by atoms with Crippen LogP contribution in [0.15, 0.2) is 22.2 Å². The molecule has 0 atom stereocenters. The molecule has 136 valence electrons. The van der Waals surface area contributed by atoms with E-state index >= 15 is 0 Å². The lowest BCUT2D eigenvalue weighted by Gasteiger charge is -2.06. The van der Waals surface area contributed by atoms with Gasteiger partial charge in [-0.15, -0.1) is 0 Å². The predicted molar refractivity (Wildman–Crippen MR) is 81.5 cm³/mol. The molecular formula is C13H18N6O6. The van der Waals surface area contributed by atoms with Gasteiger partial charge in [0.25, 0.3) is 0 Å². The number of aromatic nitrogens is 6. The molecule has 0 spiro atoms. The Morgan fingerprint density at radius 2 is 1.28 bits per heavy atom. The van der Waals surface area contributed by atoms with Gasteiger partial charge in [0.15, 0.2) is 0 Å². The Morgan fingerprint density at radius 3 is 1.60 bits per heavy atom. The van der Waals surface area contributed by atoms with Gasteiger partial charge in [-0.2, -0.15) is 10.2 Å². The molecule has 0 bridgehead atoms. The van der Waals surface area contributed by atoms with Crippen molar-refractivity contribution in [2.75, 3.05) is 13.2 Å². The quantitative estimate of drug-likeness (QED) is 0.380. The molecule has 2 aromatic rings. The average Bonchev–Trinajstić information content (AvgIpc) is 3.05. The van der Waals surface area contributed by atoms with Gasteiger partial charge in [-0.05, 0) is 0 Å². The Kier molecular flexibility index (Phi) is 5.87. The predicted octanol–water partition coefficient (Wildman–Crippen LogP) is -2.35. The van der Waals surface area contributed by atoms with Crippen LogP contribution < -0.4 is 11.4 Å². The fourth-order valence-electron chi connectivity index (χ4n) is 1.83. The second-order valence-corrected chi connectivity index (χ2v) is 5.16. The number of nitrogens with zero attached hydrogens (tertiary/aromatic N) is 6. The zero-order chi connectivity index (χ0) is 18.4. The van der Waals surface area contributed by atoms with Gasteiger partial charge in [0.1, 0.15) is 25.7 Å². The molecule has 2 rings (SSSR count). The van der Waals surface area contributed by atoms with E-state index in [1.165, 1.54) is 35.9 Å². The number of hydrogen-bond acceptors (Lipinski definition) is 8. The first-order valence-corrected chi connectivity index (χ1v) is 7.36. The van der Waals surface area contributed by atoms with Crippen molar-refractivity contribution in [2.24, 2.45) is 14.1 Å². The van der Waals surface area contributed by atoms with Crippen LogP contribution in [0.2, 0.25) is 0 Å².